The number of nitrogens with zero attached hydrogens (tertiary/aromatic N) is 2. The molecule has 1 aromatic rings. The van der Waals surface area contributed by atoms with E-state index in [1.165, 1.54) is 17.1 Å². The summed E-state index contributed by atoms with van der Waals surface area (Å²) < 4.78 is 80.4. The van der Waals surface area contributed by atoms with Crippen LogP contribution in [0.5, 0.6) is 17.2 Å². The van der Waals surface area contributed by atoms with Crippen molar-refractivity contribution in [2.24, 2.45) is 0 Å². The molecule has 246 valence electrons. The first-order chi connectivity index (χ1) is 20.5. The summed E-state index contributed by atoms with van der Waals surface area (Å²) in [6.45, 7) is 5.73. The number of rotatable bonds is 8. The predicted octanol–water partition coefficient (Wildman–Crippen LogP) is 2.58. The smallest absolute Gasteiger partial charge is 0.490 e. The molecule has 2 aliphatic heterocycles. The van der Waals surface area contributed by atoms with E-state index in [1.807, 2.05) is 0 Å². The summed E-state index contributed by atoms with van der Waals surface area (Å²) in [6, 6.07) is 3.56. The van der Waals surface area contributed by atoms with E-state index < -0.39 is 24.3 Å². The SMILES string of the molecule is COc1cc(/C=C/C(=O)N2CCC=CC2=O)cc(OC)c1OCCN1CCNCC1.O=C(O)C(F)(F)F.O=C(O)C(F)(F)F. The molecule has 3 N–H and O–H groups in total. The first-order valence-electron chi connectivity index (χ1n) is 12.6. The zero-order valence-electron chi connectivity index (χ0n) is 23.5. The number of carbonyl (C=O) groups is 4. The van der Waals surface area contributed by atoms with Gasteiger partial charge < -0.3 is 29.7 Å². The maximum absolute atomic E-state index is 12.3. The molecule has 2 amide bonds. The Morgan fingerprint density at radius 2 is 1.43 bits per heavy atom. The first kappa shape index (κ1) is 37.7. The maximum atomic E-state index is 12.3. The second-order valence-electron chi connectivity index (χ2n) is 8.65. The molecule has 2 aliphatic rings. The molecule has 44 heavy (non-hydrogen) atoms. The number of benzene rings is 1. The Bertz CT molecular complexity index is 1150. The van der Waals surface area contributed by atoms with Gasteiger partial charge in [0, 0.05) is 45.3 Å². The molecule has 0 aliphatic carbocycles. The van der Waals surface area contributed by atoms with E-state index in [-0.39, 0.29) is 11.8 Å². The predicted molar refractivity (Wildman–Crippen MR) is 141 cm³/mol. The number of halogens is 6. The number of imide groups is 1. The highest BCUT2D eigenvalue weighted by Gasteiger charge is 2.38. The zero-order valence-corrected chi connectivity index (χ0v) is 23.5. The van der Waals surface area contributed by atoms with Crippen LogP contribution in [0.4, 0.5) is 26.3 Å². The van der Waals surface area contributed by atoms with E-state index in [0.29, 0.717) is 42.4 Å². The van der Waals surface area contributed by atoms with Gasteiger partial charge in [0.1, 0.15) is 6.61 Å². The van der Waals surface area contributed by atoms with Crippen LogP contribution in [0.3, 0.4) is 0 Å². The number of methoxy groups -OCH3 is 2. The van der Waals surface area contributed by atoms with Crippen molar-refractivity contribution in [1.82, 2.24) is 15.1 Å². The summed E-state index contributed by atoms with van der Waals surface area (Å²) in [5.41, 5.74) is 0.714. The van der Waals surface area contributed by atoms with Gasteiger partial charge in [-0.15, -0.1) is 0 Å². The van der Waals surface area contributed by atoms with E-state index >= 15 is 0 Å². The quantitative estimate of drug-likeness (QED) is 0.283. The fourth-order valence-corrected chi connectivity index (χ4v) is 3.41. The summed E-state index contributed by atoms with van der Waals surface area (Å²) >= 11 is 0. The topological polar surface area (TPSA) is 155 Å². The van der Waals surface area contributed by atoms with E-state index in [0.717, 1.165) is 32.7 Å². The van der Waals surface area contributed by atoms with Crippen molar-refractivity contribution in [3.8, 4) is 17.2 Å². The van der Waals surface area contributed by atoms with Crippen molar-refractivity contribution >= 4 is 29.8 Å². The Morgan fingerprint density at radius 1 is 0.932 bits per heavy atom. The van der Waals surface area contributed by atoms with Gasteiger partial charge in [-0.3, -0.25) is 19.4 Å². The lowest BCUT2D eigenvalue weighted by Crippen LogP contribution is -2.44. The van der Waals surface area contributed by atoms with Crippen LogP contribution in [-0.2, 0) is 19.2 Å². The molecule has 0 radical (unpaired) electrons. The van der Waals surface area contributed by atoms with Crippen LogP contribution in [0.25, 0.3) is 6.08 Å². The highest BCUT2D eigenvalue weighted by Crippen LogP contribution is 2.39. The summed E-state index contributed by atoms with van der Waals surface area (Å²) in [4.78, 5) is 45.5. The normalized spacial score (nSPS) is 15.5. The van der Waals surface area contributed by atoms with Gasteiger partial charge in [-0.05, 0) is 36.3 Å². The van der Waals surface area contributed by atoms with Gasteiger partial charge in [-0.2, -0.15) is 26.3 Å². The molecule has 1 fully saturated rings. The number of carbonyl (C=O) groups excluding carboxylic acids is 2. The molecule has 0 aromatic heterocycles. The zero-order chi connectivity index (χ0) is 33.5. The average Bonchev–Trinajstić information content (AvgIpc) is 2.96. The third-order valence-electron chi connectivity index (χ3n) is 5.56. The fourth-order valence-electron chi connectivity index (χ4n) is 3.41. The number of carboxylic acid groups (broad SMARTS) is 2. The molecule has 0 spiro atoms. The number of hydrogen-bond donors (Lipinski definition) is 3. The number of carboxylic acids is 2. The molecule has 3 rings (SSSR count). The summed E-state index contributed by atoms with van der Waals surface area (Å²) in [7, 11) is 3.13. The minimum atomic E-state index is -5.08. The van der Waals surface area contributed by atoms with Crippen LogP contribution in [-0.4, -0.2) is 116 Å². The second-order valence-corrected chi connectivity index (χ2v) is 8.65. The standard InChI is InChI=1S/C22H29N3O5.2C2HF3O2/c1-28-18-15-17(6-7-21(27)25-10-4-3-5-20(25)26)16-19(29-2)22(18)30-14-13-24-11-8-23-9-12-24;2*3-2(4,5)1(6)7/h3,5-7,15-16,23H,4,8-14H2,1-2H3;2*(H,6,7)/b7-6+;;. The number of aliphatic carboxylic acids is 2. The van der Waals surface area contributed by atoms with Gasteiger partial charge in [0.05, 0.1) is 14.2 Å². The van der Waals surface area contributed by atoms with Crippen molar-refractivity contribution in [3.63, 3.8) is 0 Å². The fraction of sp³-hybridized carbons (Fsp3) is 0.462. The van der Waals surface area contributed by atoms with Crippen molar-refractivity contribution in [2.45, 2.75) is 18.8 Å². The van der Waals surface area contributed by atoms with Crippen LogP contribution < -0.4 is 19.5 Å². The monoisotopic (exact) mass is 643 g/mol. The van der Waals surface area contributed by atoms with Gasteiger partial charge >= 0.3 is 24.3 Å². The van der Waals surface area contributed by atoms with E-state index in [9.17, 15) is 35.9 Å². The van der Waals surface area contributed by atoms with Crippen LogP contribution in [0.1, 0.15) is 12.0 Å². The molecule has 1 aromatic carbocycles. The second kappa shape index (κ2) is 17.7. The minimum absolute atomic E-state index is 0.292. The number of nitrogens with one attached hydrogen (secondary N) is 1. The van der Waals surface area contributed by atoms with Crippen LogP contribution in [0.15, 0.2) is 30.4 Å². The number of ether oxygens (including phenoxy) is 3. The van der Waals surface area contributed by atoms with Crippen molar-refractivity contribution in [2.75, 3.05) is 60.1 Å². The summed E-state index contributed by atoms with van der Waals surface area (Å²) in [5.74, 6) is -4.56. The van der Waals surface area contributed by atoms with Crippen LogP contribution in [0, 0.1) is 0 Å². The van der Waals surface area contributed by atoms with E-state index in [1.54, 1.807) is 38.5 Å². The van der Waals surface area contributed by atoms with Gasteiger partial charge in [-0.25, -0.2) is 9.59 Å². The summed E-state index contributed by atoms with van der Waals surface area (Å²) in [6.07, 6.45) is -3.27. The molecule has 12 nitrogen and oxygen atoms in total. The molecular formula is C26H31F6N3O9. The molecule has 1 saturated heterocycles. The molecular weight excluding hydrogens is 612 g/mol. The summed E-state index contributed by atoms with van der Waals surface area (Å²) in [5, 5.41) is 17.6. The van der Waals surface area contributed by atoms with Crippen LogP contribution >= 0.6 is 0 Å². The Balaban J connectivity index is 0.000000574. The van der Waals surface area contributed by atoms with E-state index in [4.69, 9.17) is 34.0 Å². The number of amides is 2. The minimum Gasteiger partial charge on any atom is -0.493 e. The van der Waals surface area contributed by atoms with Gasteiger partial charge in [0.2, 0.25) is 5.75 Å². The highest BCUT2D eigenvalue weighted by molar-refractivity contribution is 6.06. The van der Waals surface area contributed by atoms with Gasteiger partial charge in [0.25, 0.3) is 11.8 Å². The lowest BCUT2D eigenvalue weighted by atomic mass is 10.1. The van der Waals surface area contributed by atoms with E-state index in [2.05, 4.69) is 10.2 Å². The van der Waals surface area contributed by atoms with Gasteiger partial charge in [0.15, 0.2) is 11.5 Å². The Hall–Kier alpha value is -4.32. The lowest BCUT2D eigenvalue weighted by Gasteiger charge is -2.27. The molecule has 0 bridgehead atoms. The molecule has 0 saturated carbocycles. The Morgan fingerprint density at radius 3 is 1.86 bits per heavy atom. The van der Waals surface area contributed by atoms with Crippen molar-refractivity contribution in [1.29, 1.82) is 0 Å². The lowest BCUT2D eigenvalue weighted by molar-refractivity contribution is -0.193. The first-order valence-corrected chi connectivity index (χ1v) is 12.6. The number of alkyl halides is 6. The van der Waals surface area contributed by atoms with Crippen LogP contribution in [0.2, 0.25) is 0 Å². The van der Waals surface area contributed by atoms with Crippen molar-refractivity contribution in [3.05, 3.63) is 35.9 Å². The third kappa shape index (κ3) is 13.3. The highest BCUT2D eigenvalue weighted by atomic mass is 19.4. The molecule has 2 heterocycles. The van der Waals surface area contributed by atoms with Gasteiger partial charge in [-0.1, -0.05) is 6.08 Å². The number of hydrogen-bond acceptors (Lipinski definition) is 9. The third-order valence-corrected chi connectivity index (χ3v) is 5.56. The molecule has 0 unspecified atom stereocenters. The average molecular weight is 644 g/mol. The maximum Gasteiger partial charge on any atom is 0.490 e. The largest absolute Gasteiger partial charge is 0.493 e. The van der Waals surface area contributed by atoms with Crippen molar-refractivity contribution < 1.29 is 69.9 Å². The Labute approximate surface area is 247 Å². The number of piperazine rings is 1. The molecule has 0 atom stereocenters. The Kier molecular flexibility index (Phi) is 15.2. The molecule has 18 heteroatoms.